The number of hydrogen-bond donors (Lipinski definition) is 1. The van der Waals surface area contributed by atoms with E-state index >= 15 is 0 Å². The molecule has 1 unspecified atom stereocenters. The Morgan fingerprint density at radius 2 is 2.40 bits per heavy atom. The van der Waals surface area contributed by atoms with Crippen LogP contribution in [0.25, 0.3) is 0 Å². The molecule has 1 aliphatic rings. The summed E-state index contributed by atoms with van der Waals surface area (Å²) in [6.45, 7) is 4.44. The first-order valence-corrected chi connectivity index (χ1v) is 7.68. The van der Waals surface area contributed by atoms with Crippen LogP contribution >= 0.6 is 11.3 Å². The Labute approximate surface area is 121 Å². The van der Waals surface area contributed by atoms with E-state index in [0.29, 0.717) is 23.7 Å². The predicted molar refractivity (Wildman–Crippen MR) is 76.1 cm³/mol. The Hall–Kier alpha value is -1.69. The topological polar surface area (TPSA) is 68.0 Å². The Balaban J connectivity index is 1.66. The molecule has 1 atom stereocenters. The molecule has 0 spiro atoms. The van der Waals surface area contributed by atoms with Crippen molar-refractivity contribution >= 4 is 17.2 Å². The molecule has 1 fully saturated rings. The van der Waals surface area contributed by atoms with Gasteiger partial charge in [0.2, 0.25) is 0 Å². The number of rotatable bonds is 5. The van der Waals surface area contributed by atoms with E-state index in [4.69, 9.17) is 4.52 Å². The standard InChI is InChI=1S/C14H17N3O2S/c1-8(14-15-5-6-20-14)7-16-13(18)11-9(2)17-19-12(11)10-3-4-10/h5-6,8,10H,3-4,7H2,1-2H3,(H,16,18). The highest BCUT2D eigenvalue weighted by molar-refractivity contribution is 7.09. The number of amides is 1. The van der Waals surface area contributed by atoms with Crippen LogP contribution in [-0.4, -0.2) is 22.6 Å². The van der Waals surface area contributed by atoms with Gasteiger partial charge in [-0.25, -0.2) is 4.98 Å². The van der Waals surface area contributed by atoms with Crippen LogP contribution in [0.2, 0.25) is 0 Å². The molecule has 0 radical (unpaired) electrons. The molecule has 6 heteroatoms. The van der Waals surface area contributed by atoms with Crippen molar-refractivity contribution in [2.75, 3.05) is 6.54 Å². The molecule has 1 amide bonds. The Kier molecular flexibility index (Phi) is 3.56. The van der Waals surface area contributed by atoms with Crippen molar-refractivity contribution in [3.8, 4) is 0 Å². The molecule has 1 N–H and O–H groups in total. The largest absolute Gasteiger partial charge is 0.360 e. The number of carbonyl (C=O) groups excluding carboxylic acids is 1. The molecule has 2 aromatic heterocycles. The Morgan fingerprint density at radius 1 is 1.60 bits per heavy atom. The van der Waals surface area contributed by atoms with Gasteiger partial charge in [-0.1, -0.05) is 12.1 Å². The predicted octanol–water partition coefficient (Wildman–Crippen LogP) is 2.85. The van der Waals surface area contributed by atoms with Crippen molar-refractivity contribution in [2.45, 2.75) is 38.5 Å². The molecule has 2 aromatic rings. The van der Waals surface area contributed by atoms with Gasteiger partial charge in [-0.05, 0) is 19.8 Å². The van der Waals surface area contributed by atoms with E-state index in [0.717, 1.165) is 23.6 Å². The van der Waals surface area contributed by atoms with E-state index in [2.05, 4.69) is 22.4 Å². The number of thiazole rings is 1. The summed E-state index contributed by atoms with van der Waals surface area (Å²) in [6, 6.07) is 0. The molecule has 0 aliphatic heterocycles. The Bertz CT molecular complexity index is 602. The van der Waals surface area contributed by atoms with Gasteiger partial charge in [0.25, 0.3) is 5.91 Å². The number of nitrogens with zero attached hydrogens (tertiary/aromatic N) is 2. The van der Waals surface area contributed by atoms with Crippen LogP contribution in [0.15, 0.2) is 16.1 Å². The molecular formula is C14H17N3O2S. The molecule has 1 saturated carbocycles. The molecular weight excluding hydrogens is 274 g/mol. The number of aryl methyl sites for hydroxylation is 1. The van der Waals surface area contributed by atoms with Crippen LogP contribution in [0.1, 0.15) is 58.4 Å². The van der Waals surface area contributed by atoms with E-state index in [-0.39, 0.29) is 11.8 Å². The average Bonchev–Trinajstić information content (AvgIpc) is 2.99. The van der Waals surface area contributed by atoms with Gasteiger partial charge in [0.15, 0.2) is 5.76 Å². The zero-order valence-electron chi connectivity index (χ0n) is 11.5. The van der Waals surface area contributed by atoms with Gasteiger partial charge in [-0.2, -0.15) is 0 Å². The third-order valence-electron chi connectivity index (χ3n) is 3.51. The lowest BCUT2D eigenvalue weighted by Gasteiger charge is -2.10. The summed E-state index contributed by atoms with van der Waals surface area (Å²) in [5.74, 6) is 1.26. The maximum atomic E-state index is 12.3. The van der Waals surface area contributed by atoms with Gasteiger partial charge < -0.3 is 9.84 Å². The molecule has 5 nitrogen and oxygen atoms in total. The quantitative estimate of drug-likeness (QED) is 0.919. The maximum Gasteiger partial charge on any atom is 0.256 e. The smallest absolute Gasteiger partial charge is 0.256 e. The number of nitrogens with one attached hydrogen (secondary N) is 1. The molecule has 106 valence electrons. The fourth-order valence-corrected chi connectivity index (χ4v) is 2.89. The second kappa shape index (κ2) is 5.36. The van der Waals surface area contributed by atoms with E-state index in [1.54, 1.807) is 17.5 Å². The van der Waals surface area contributed by atoms with Gasteiger partial charge in [0.1, 0.15) is 5.56 Å². The Morgan fingerprint density at radius 3 is 3.05 bits per heavy atom. The lowest BCUT2D eigenvalue weighted by atomic mass is 10.1. The zero-order valence-corrected chi connectivity index (χ0v) is 12.4. The molecule has 1 aliphatic carbocycles. The third kappa shape index (κ3) is 2.60. The van der Waals surface area contributed by atoms with Crippen LogP contribution in [0, 0.1) is 6.92 Å². The molecule has 2 heterocycles. The summed E-state index contributed by atoms with van der Waals surface area (Å²) in [5.41, 5.74) is 1.30. The fraction of sp³-hybridized carbons (Fsp3) is 0.500. The first-order valence-electron chi connectivity index (χ1n) is 6.80. The van der Waals surface area contributed by atoms with Crippen molar-refractivity contribution in [1.29, 1.82) is 0 Å². The second-order valence-electron chi connectivity index (χ2n) is 5.26. The van der Waals surface area contributed by atoms with Crippen molar-refractivity contribution < 1.29 is 9.32 Å². The minimum Gasteiger partial charge on any atom is -0.360 e. The molecule has 0 bridgehead atoms. The normalized spacial score (nSPS) is 16.1. The zero-order chi connectivity index (χ0) is 14.1. The third-order valence-corrected chi connectivity index (χ3v) is 4.51. The lowest BCUT2D eigenvalue weighted by molar-refractivity contribution is 0.0949. The second-order valence-corrected chi connectivity index (χ2v) is 6.19. The molecule has 0 aromatic carbocycles. The summed E-state index contributed by atoms with van der Waals surface area (Å²) < 4.78 is 5.30. The SMILES string of the molecule is Cc1noc(C2CC2)c1C(=O)NCC(C)c1nccs1. The highest BCUT2D eigenvalue weighted by Gasteiger charge is 2.34. The van der Waals surface area contributed by atoms with Crippen molar-refractivity contribution in [2.24, 2.45) is 0 Å². The van der Waals surface area contributed by atoms with Gasteiger partial charge >= 0.3 is 0 Å². The highest BCUT2D eigenvalue weighted by atomic mass is 32.1. The van der Waals surface area contributed by atoms with Gasteiger partial charge in [-0.15, -0.1) is 11.3 Å². The van der Waals surface area contributed by atoms with E-state index in [1.807, 2.05) is 12.3 Å². The van der Waals surface area contributed by atoms with Crippen LogP contribution < -0.4 is 5.32 Å². The van der Waals surface area contributed by atoms with Crippen LogP contribution in [-0.2, 0) is 0 Å². The number of hydrogen-bond acceptors (Lipinski definition) is 5. The summed E-state index contributed by atoms with van der Waals surface area (Å²) >= 11 is 1.61. The van der Waals surface area contributed by atoms with Gasteiger partial charge in [0, 0.05) is 30.0 Å². The van der Waals surface area contributed by atoms with Crippen molar-refractivity contribution in [3.05, 3.63) is 33.6 Å². The maximum absolute atomic E-state index is 12.3. The average molecular weight is 291 g/mol. The molecule has 3 rings (SSSR count). The molecule has 20 heavy (non-hydrogen) atoms. The minimum absolute atomic E-state index is 0.0888. The summed E-state index contributed by atoms with van der Waals surface area (Å²) in [4.78, 5) is 16.6. The van der Waals surface area contributed by atoms with Gasteiger partial charge in [0.05, 0.1) is 10.7 Å². The van der Waals surface area contributed by atoms with E-state index < -0.39 is 0 Å². The summed E-state index contributed by atoms with van der Waals surface area (Å²) in [5, 5.41) is 9.88. The summed E-state index contributed by atoms with van der Waals surface area (Å²) in [6.07, 6.45) is 3.96. The minimum atomic E-state index is -0.0888. The van der Waals surface area contributed by atoms with Crippen LogP contribution in [0.4, 0.5) is 0 Å². The van der Waals surface area contributed by atoms with Crippen molar-refractivity contribution in [1.82, 2.24) is 15.5 Å². The fourth-order valence-electron chi connectivity index (χ4n) is 2.19. The summed E-state index contributed by atoms with van der Waals surface area (Å²) in [7, 11) is 0. The highest BCUT2D eigenvalue weighted by Crippen LogP contribution is 2.42. The lowest BCUT2D eigenvalue weighted by Crippen LogP contribution is -2.28. The molecule has 0 saturated heterocycles. The van der Waals surface area contributed by atoms with Gasteiger partial charge in [-0.3, -0.25) is 4.79 Å². The van der Waals surface area contributed by atoms with E-state index in [9.17, 15) is 4.79 Å². The first-order chi connectivity index (χ1) is 9.66. The van der Waals surface area contributed by atoms with E-state index in [1.165, 1.54) is 0 Å². The van der Waals surface area contributed by atoms with Crippen molar-refractivity contribution in [3.63, 3.8) is 0 Å². The monoisotopic (exact) mass is 291 g/mol. The van der Waals surface area contributed by atoms with Crippen LogP contribution in [0.3, 0.4) is 0 Å². The number of carbonyl (C=O) groups is 1. The number of aromatic nitrogens is 2. The van der Waals surface area contributed by atoms with Crippen LogP contribution in [0.5, 0.6) is 0 Å². The first kappa shape index (κ1) is 13.3.